The number of carbonyl (C=O) groups excluding carboxylic acids is 1. The molecule has 0 radical (unpaired) electrons. The van der Waals surface area contributed by atoms with Gasteiger partial charge in [-0.3, -0.25) is 4.79 Å². The van der Waals surface area contributed by atoms with Crippen molar-refractivity contribution in [1.82, 2.24) is 4.90 Å². The number of methoxy groups -OCH3 is 1. The summed E-state index contributed by atoms with van der Waals surface area (Å²) in [5.74, 6) is 0.176. The van der Waals surface area contributed by atoms with E-state index in [0.717, 1.165) is 6.42 Å². The van der Waals surface area contributed by atoms with Crippen molar-refractivity contribution in [2.45, 2.75) is 38.8 Å². The van der Waals surface area contributed by atoms with E-state index in [1.807, 2.05) is 11.0 Å². The molecule has 0 saturated carbocycles. The van der Waals surface area contributed by atoms with Crippen LogP contribution < -0.4 is 5.73 Å². The summed E-state index contributed by atoms with van der Waals surface area (Å²) in [5, 5.41) is 0. The minimum absolute atomic E-state index is 0.00921. The maximum atomic E-state index is 12.2. The highest BCUT2D eigenvalue weighted by molar-refractivity contribution is 5.78. The molecule has 2 unspecified atom stereocenters. The second kappa shape index (κ2) is 6.37. The van der Waals surface area contributed by atoms with Crippen LogP contribution >= 0.6 is 0 Å². The fourth-order valence-corrected chi connectivity index (χ4v) is 2.92. The van der Waals surface area contributed by atoms with Gasteiger partial charge in [0.05, 0.1) is 12.6 Å². The van der Waals surface area contributed by atoms with E-state index < -0.39 is 0 Å². The van der Waals surface area contributed by atoms with Crippen molar-refractivity contribution in [3.63, 3.8) is 0 Å². The number of amides is 1. The van der Waals surface area contributed by atoms with Crippen LogP contribution in [-0.2, 0) is 9.53 Å². The highest BCUT2D eigenvalue weighted by Crippen LogP contribution is 2.33. The molecule has 4 nitrogen and oxygen atoms in total. The van der Waals surface area contributed by atoms with Crippen LogP contribution in [0.2, 0.25) is 0 Å². The third-order valence-electron chi connectivity index (χ3n) is 4.25. The van der Waals surface area contributed by atoms with E-state index >= 15 is 0 Å². The van der Waals surface area contributed by atoms with Crippen molar-refractivity contribution in [2.75, 3.05) is 20.3 Å². The minimum atomic E-state index is -0.0358. The Morgan fingerprint density at radius 3 is 2.85 bits per heavy atom. The van der Waals surface area contributed by atoms with E-state index in [2.05, 4.69) is 26.0 Å². The van der Waals surface area contributed by atoms with Gasteiger partial charge in [-0.05, 0) is 37.0 Å². The van der Waals surface area contributed by atoms with Crippen molar-refractivity contribution in [1.29, 1.82) is 0 Å². The largest absolute Gasteiger partial charge is 0.383 e. The number of carbonyl (C=O) groups is 1. The predicted molar refractivity (Wildman–Crippen MR) is 79.5 cm³/mol. The van der Waals surface area contributed by atoms with Crippen molar-refractivity contribution >= 4 is 5.91 Å². The van der Waals surface area contributed by atoms with Gasteiger partial charge < -0.3 is 15.4 Å². The van der Waals surface area contributed by atoms with E-state index in [1.54, 1.807) is 7.11 Å². The molecular formula is C16H24N2O2. The third-order valence-corrected chi connectivity index (χ3v) is 4.25. The van der Waals surface area contributed by atoms with Crippen molar-refractivity contribution in [2.24, 2.45) is 5.73 Å². The van der Waals surface area contributed by atoms with Crippen LogP contribution in [0.25, 0.3) is 0 Å². The summed E-state index contributed by atoms with van der Waals surface area (Å²) >= 11 is 0. The number of hydrogen-bond acceptors (Lipinski definition) is 3. The van der Waals surface area contributed by atoms with Gasteiger partial charge in [0.25, 0.3) is 0 Å². The zero-order chi connectivity index (χ0) is 14.7. The van der Waals surface area contributed by atoms with E-state index in [1.165, 1.54) is 16.7 Å². The number of benzene rings is 1. The third kappa shape index (κ3) is 2.86. The molecule has 0 spiro atoms. The zero-order valence-corrected chi connectivity index (χ0v) is 12.6. The van der Waals surface area contributed by atoms with Crippen LogP contribution in [0.3, 0.4) is 0 Å². The summed E-state index contributed by atoms with van der Waals surface area (Å²) in [6, 6.07) is 6.17. The van der Waals surface area contributed by atoms with Crippen LogP contribution in [0.5, 0.6) is 0 Å². The standard InChI is InChI=1S/C16H24N2O2/c1-11-5-4-6-13(12(11)2)16-14(17)7-8-15(19)18(16)9-10-20-3/h4-6,14,16H,7-10,17H2,1-3H3. The first kappa shape index (κ1) is 15.0. The Morgan fingerprint density at radius 1 is 1.40 bits per heavy atom. The van der Waals surface area contributed by atoms with Crippen LogP contribution in [0.1, 0.15) is 35.6 Å². The first-order valence-electron chi connectivity index (χ1n) is 7.16. The molecule has 1 aromatic carbocycles. The molecule has 0 aromatic heterocycles. The quantitative estimate of drug-likeness (QED) is 0.914. The number of nitrogens with zero attached hydrogens (tertiary/aromatic N) is 1. The number of aryl methyl sites for hydroxylation is 1. The summed E-state index contributed by atoms with van der Waals surface area (Å²) < 4.78 is 5.13. The molecule has 0 aliphatic carbocycles. The summed E-state index contributed by atoms with van der Waals surface area (Å²) in [6.07, 6.45) is 1.28. The molecule has 1 fully saturated rings. The molecule has 1 aliphatic heterocycles. The lowest BCUT2D eigenvalue weighted by Crippen LogP contribution is -2.50. The van der Waals surface area contributed by atoms with E-state index in [9.17, 15) is 4.79 Å². The van der Waals surface area contributed by atoms with E-state index in [4.69, 9.17) is 10.5 Å². The average molecular weight is 276 g/mol. The SMILES string of the molecule is COCCN1C(=O)CCC(N)C1c1cccc(C)c1C. The predicted octanol–water partition coefficient (Wildman–Crippen LogP) is 1.94. The Bertz CT molecular complexity index is 487. The van der Waals surface area contributed by atoms with E-state index in [0.29, 0.717) is 19.6 Å². The Kier molecular flexibility index (Phi) is 4.78. The Labute approximate surface area is 120 Å². The highest BCUT2D eigenvalue weighted by Gasteiger charge is 2.35. The van der Waals surface area contributed by atoms with Crippen LogP contribution in [0.4, 0.5) is 0 Å². The highest BCUT2D eigenvalue weighted by atomic mass is 16.5. The minimum Gasteiger partial charge on any atom is -0.383 e. The van der Waals surface area contributed by atoms with Crippen molar-refractivity contribution in [3.8, 4) is 0 Å². The van der Waals surface area contributed by atoms with Gasteiger partial charge in [0.15, 0.2) is 0 Å². The molecule has 1 aromatic rings. The lowest BCUT2D eigenvalue weighted by molar-refractivity contribution is -0.138. The molecule has 1 amide bonds. The van der Waals surface area contributed by atoms with Crippen molar-refractivity contribution < 1.29 is 9.53 Å². The van der Waals surface area contributed by atoms with Gasteiger partial charge in [-0.1, -0.05) is 18.2 Å². The Hall–Kier alpha value is -1.39. The number of nitrogens with two attached hydrogens (primary N) is 1. The number of piperidine rings is 1. The molecule has 110 valence electrons. The topological polar surface area (TPSA) is 55.6 Å². The smallest absolute Gasteiger partial charge is 0.223 e. The van der Waals surface area contributed by atoms with Gasteiger partial charge in [0.1, 0.15) is 0 Å². The summed E-state index contributed by atoms with van der Waals surface area (Å²) in [4.78, 5) is 14.1. The van der Waals surface area contributed by atoms with Gasteiger partial charge in [0, 0.05) is 26.1 Å². The van der Waals surface area contributed by atoms with Gasteiger partial charge in [-0.15, -0.1) is 0 Å². The second-order valence-corrected chi connectivity index (χ2v) is 5.52. The van der Waals surface area contributed by atoms with Crippen LogP contribution in [-0.4, -0.2) is 37.1 Å². The fourth-order valence-electron chi connectivity index (χ4n) is 2.92. The second-order valence-electron chi connectivity index (χ2n) is 5.52. The van der Waals surface area contributed by atoms with Gasteiger partial charge in [-0.2, -0.15) is 0 Å². The molecule has 2 N–H and O–H groups in total. The Balaban J connectivity index is 2.37. The van der Waals surface area contributed by atoms with Gasteiger partial charge >= 0.3 is 0 Å². The molecular weight excluding hydrogens is 252 g/mol. The van der Waals surface area contributed by atoms with Gasteiger partial charge in [0.2, 0.25) is 5.91 Å². The zero-order valence-electron chi connectivity index (χ0n) is 12.6. The monoisotopic (exact) mass is 276 g/mol. The molecule has 0 bridgehead atoms. The lowest BCUT2D eigenvalue weighted by Gasteiger charge is -2.40. The maximum Gasteiger partial charge on any atom is 0.223 e. The lowest BCUT2D eigenvalue weighted by atomic mass is 9.87. The number of ether oxygens (including phenoxy) is 1. The van der Waals surface area contributed by atoms with E-state index in [-0.39, 0.29) is 18.0 Å². The summed E-state index contributed by atoms with van der Waals surface area (Å²) in [6.45, 7) is 5.33. The fraction of sp³-hybridized carbons (Fsp3) is 0.562. The first-order chi connectivity index (χ1) is 9.56. The molecule has 2 atom stereocenters. The summed E-state index contributed by atoms with van der Waals surface area (Å²) in [7, 11) is 1.65. The molecule has 20 heavy (non-hydrogen) atoms. The number of likely N-dealkylation sites (tertiary alicyclic amines) is 1. The molecule has 1 aliphatic rings. The molecule has 1 heterocycles. The van der Waals surface area contributed by atoms with Gasteiger partial charge in [-0.25, -0.2) is 0 Å². The number of rotatable bonds is 4. The van der Waals surface area contributed by atoms with Crippen LogP contribution in [0.15, 0.2) is 18.2 Å². The Morgan fingerprint density at radius 2 is 2.15 bits per heavy atom. The first-order valence-corrected chi connectivity index (χ1v) is 7.16. The normalized spacial score (nSPS) is 23.2. The average Bonchev–Trinajstić information content (AvgIpc) is 2.43. The molecule has 1 saturated heterocycles. The molecule has 2 rings (SSSR count). The number of hydrogen-bond donors (Lipinski definition) is 1. The summed E-state index contributed by atoms with van der Waals surface area (Å²) in [5.41, 5.74) is 9.95. The molecule has 4 heteroatoms. The van der Waals surface area contributed by atoms with Crippen molar-refractivity contribution in [3.05, 3.63) is 34.9 Å². The van der Waals surface area contributed by atoms with Crippen LogP contribution in [0, 0.1) is 13.8 Å². The maximum absolute atomic E-state index is 12.2.